The van der Waals surface area contributed by atoms with Crippen molar-refractivity contribution in [2.24, 2.45) is 22.5 Å². The Balaban J connectivity index is 2.70. The molecule has 108 valence electrons. The van der Waals surface area contributed by atoms with E-state index in [1.165, 1.54) is 12.8 Å². The Morgan fingerprint density at radius 3 is 2.17 bits per heavy atom. The molecule has 1 saturated carbocycles. The third-order valence-electron chi connectivity index (χ3n) is 4.02. The molecule has 1 fully saturated rings. The normalized spacial score (nSPS) is 32.0. The maximum Gasteiger partial charge on any atom is 0.0775 e. The van der Waals surface area contributed by atoms with Crippen molar-refractivity contribution < 1.29 is 4.74 Å². The first-order valence-corrected chi connectivity index (χ1v) is 7.42. The molecular weight excluding hydrogens is 222 g/mol. The molecule has 1 rings (SSSR count). The monoisotopic (exact) mass is 255 g/mol. The molecule has 2 nitrogen and oxygen atoms in total. The van der Waals surface area contributed by atoms with Crippen LogP contribution < -0.4 is 5.73 Å². The van der Waals surface area contributed by atoms with Crippen molar-refractivity contribution in [3.05, 3.63) is 0 Å². The largest absolute Gasteiger partial charge is 0.373 e. The van der Waals surface area contributed by atoms with Gasteiger partial charge >= 0.3 is 0 Å². The van der Waals surface area contributed by atoms with Crippen LogP contribution in [0.4, 0.5) is 0 Å². The summed E-state index contributed by atoms with van der Waals surface area (Å²) in [7, 11) is 0. The Morgan fingerprint density at radius 1 is 1.22 bits per heavy atom. The van der Waals surface area contributed by atoms with Crippen molar-refractivity contribution in [3.63, 3.8) is 0 Å². The van der Waals surface area contributed by atoms with Crippen LogP contribution in [0, 0.1) is 16.7 Å². The molecule has 0 aliphatic heterocycles. The molecule has 0 saturated heterocycles. The highest BCUT2D eigenvalue weighted by Gasteiger charge is 2.37. The minimum atomic E-state index is 0.0883. The van der Waals surface area contributed by atoms with E-state index in [9.17, 15) is 0 Å². The lowest BCUT2D eigenvalue weighted by atomic mass is 9.71. The van der Waals surface area contributed by atoms with E-state index < -0.39 is 0 Å². The summed E-state index contributed by atoms with van der Waals surface area (Å²) in [5.41, 5.74) is 6.63. The van der Waals surface area contributed by atoms with Crippen molar-refractivity contribution in [2.45, 2.75) is 86.0 Å². The second-order valence-corrected chi connectivity index (χ2v) is 8.32. The molecular formula is C16H33NO. The van der Waals surface area contributed by atoms with Gasteiger partial charge in [0.25, 0.3) is 0 Å². The van der Waals surface area contributed by atoms with Gasteiger partial charge in [-0.1, -0.05) is 41.5 Å². The molecule has 0 amide bonds. The first-order valence-electron chi connectivity index (χ1n) is 7.42. The highest BCUT2D eigenvalue weighted by atomic mass is 16.5. The number of hydrogen-bond donors (Lipinski definition) is 1. The molecule has 1 aliphatic rings. The summed E-state index contributed by atoms with van der Waals surface area (Å²) in [5, 5.41) is 0. The van der Waals surface area contributed by atoms with Crippen LogP contribution in [0.2, 0.25) is 0 Å². The average molecular weight is 255 g/mol. The quantitative estimate of drug-likeness (QED) is 0.828. The molecule has 0 aromatic carbocycles. The molecule has 4 atom stereocenters. The molecule has 1 aliphatic carbocycles. The Kier molecular flexibility index (Phi) is 4.88. The van der Waals surface area contributed by atoms with E-state index in [1.807, 2.05) is 0 Å². The lowest BCUT2D eigenvalue weighted by Crippen LogP contribution is -2.47. The maximum atomic E-state index is 6.40. The van der Waals surface area contributed by atoms with Gasteiger partial charge in [0, 0.05) is 6.04 Å². The van der Waals surface area contributed by atoms with Gasteiger partial charge in [-0.05, 0) is 42.9 Å². The fourth-order valence-electron chi connectivity index (χ4n) is 3.69. The van der Waals surface area contributed by atoms with Crippen LogP contribution in [0.25, 0.3) is 0 Å². The lowest BCUT2D eigenvalue weighted by molar-refractivity contribution is -0.110. The highest BCUT2D eigenvalue weighted by molar-refractivity contribution is 4.87. The van der Waals surface area contributed by atoms with Crippen LogP contribution in [-0.2, 0) is 4.74 Å². The average Bonchev–Trinajstić information content (AvgIpc) is 2.08. The molecule has 0 radical (unpaired) electrons. The minimum Gasteiger partial charge on any atom is -0.373 e. The zero-order chi connectivity index (χ0) is 14.1. The predicted octanol–water partition coefficient (Wildman–Crippen LogP) is 3.98. The van der Waals surface area contributed by atoms with Gasteiger partial charge in [0.05, 0.1) is 12.2 Å². The van der Waals surface area contributed by atoms with Gasteiger partial charge in [-0.2, -0.15) is 0 Å². The Hall–Kier alpha value is -0.0800. The topological polar surface area (TPSA) is 35.2 Å². The van der Waals surface area contributed by atoms with E-state index in [0.29, 0.717) is 11.5 Å². The van der Waals surface area contributed by atoms with Gasteiger partial charge in [-0.25, -0.2) is 0 Å². The van der Waals surface area contributed by atoms with Crippen molar-refractivity contribution >= 4 is 0 Å². The van der Waals surface area contributed by atoms with E-state index >= 15 is 0 Å². The van der Waals surface area contributed by atoms with Crippen LogP contribution >= 0.6 is 0 Å². The van der Waals surface area contributed by atoms with Gasteiger partial charge in [0.2, 0.25) is 0 Å². The van der Waals surface area contributed by atoms with Crippen molar-refractivity contribution in [1.29, 1.82) is 0 Å². The van der Waals surface area contributed by atoms with Crippen LogP contribution in [-0.4, -0.2) is 18.2 Å². The van der Waals surface area contributed by atoms with Gasteiger partial charge in [-0.15, -0.1) is 0 Å². The smallest absolute Gasteiger partial charge is 0.0775 e. The third kappa shape index (κ3) is 4.55. The number of rotatable bonds is 3. The molecule has 0 spiro atoms. The highest BCUT2D eigenvalue weighted by Crippen LogP contribution is 2.41. The molecule has 2 heteroatoms. The molecule has 18 heavy (non-hydrogen) atoms. The first-order chi connectivity index (χ1) is 8.01. The van der Waals surface area contributed by atoms with E-state index in [4.69, 9.17) is 10.5 Å². The molecule has 0 aromatic rings. The third-order valence-corrected chi connectivity index (χ3v) is 4.02. The Labute approximate surface area is 114 Å². The SMILES string of the molecule is CC1CC(OC(C(C)N)C(C)(C)C)CC(C)(C)C1. The summed E-state index contributed by atoms with van der Waals surface area (Å²) in [5.74, 6) is 0.757. The van der Waals surface area contributed by atoms with Crippen LogP contribution in [0.1, 0.15) is 67.7 Å². The fourth-order valence-corrected chi connectivity index (χ4v) is 3.69. The maximum absolute atomic E-state index is 6.40. The van der Waals surface area contributed by atoms with Gasteiger partial charge < -0.3 is 10.5 Å². The summed E-state index contributed by atoms with van der Waals surface area (Å²) >= 11 is 0. The summed E-state index contributed by atoms with van der Waals surface area (Å²) in [6.45, 7) is 15.8. The predicted molar refractivity (Wildman–Crippen MR) is 78.6 cm³/mol. The Bertz CT molecular complexity index is 265. The minimum absolute atomic E-state index is 0.0883. The summed E-state index contributed by atoms with van der Waals surface area (Å²) in [6, 6.07) is 0.0883. The summed E-state index contributed by atoms with van der Waals surface area (Å²) in [4.78, 5) is 0. The lowest BCUT2D eigenvalue weighted by Gasteiger charge is -2.43. The zero-order valence-electron chi connectivity index (χ0n) is 13.4. The number of nitrogens with two attached hydrogens (primary N) is 1. The van der Waals surface area contributed by atoms with E-state index in [0.717, 1.165) is 12.3 Å². The fraction of sp³-hybridized carbons (Fsp3) is 1.00. The van der Waals surface area contributed by atoms with Crippen LogP contribution in [0.15, 0.2) is 0 Å². The van der Waals surface area contributed by atoms with Crippen molar-refractivity contribution in [1.82, 2.24) is 0 Å². The second-order valence-electron chi connectivity index (χ2n) is 8.32. The van der Waals surface area contributed by atoms with Crippen molar-refractivity contribution in [2.75, 3.05) is 0 Å². The first kappa shape index (κ1) is 16.0. The standard InChI is InChI=1S/C16H33NO/c1-11-8-13(10-16(6,7)9-11)18-14(12(2)17)15(3,4)5/h11-14H,8-10,17H2,1-7H3. The van der Waals surface area contributed by atoms with E-state index in [1.54, 1.807) is 0 Å². The Morgan fingerprint density at radius 2 is 1.78 bits per heavy atom. The summed E-state index contributed by atoms with van der Waals surface area (Å²) < 4.78 is 6.40. The van der Waals surface area contributed by atoms with E-state index in [-0.39, 0.29) is 17.6 Å². The van der Waals surface area contributed by atoms with E-state index in [2.05, 4.69) is 48.5 Å². The van der Waals surface area contributed by atoms with Crippen LogP contribution in [0.5, 0.6) is 0 Å². The molecule has 0 bridgehead atoms. The summed E-state index contributed by atoms with van der Waals surface area (Å²) in [6.07, 6.45) is 4.17. The second kappa shape index (κ2) is 5.50. The number of ether oxygens (including phenoxy) is 1. The molecule has 4 unspecified atom stereocenters. The number of hydrogen-bond acceptors (Lipinski definition) is 2. The van der Waals surface area contributed by atoms with Gasteiger partial charge in [0.15, 0.2) is 0 Å². The molecule has 0 heterocycles. The van der Waals surface area contributed by atoms with Crippen molar-refractivity contribution in [3.8, 4) is 0 Å². The molecule has 0 aromatic heterocycles. The zero-order valence-corrected chi connectivity index (χ0v) is 13.4. The van der Waals surface area contributed by atoms with Gasteiger partial charge in [0.1, 0.15) is 0 Å². The molecule has 2 N–H and O–H groups in total. The van der Waals surface area contributed by atoms with Gasteiger partial charge in [-0.3, -0.25) is 0 Å². The van der Waals surface area contributed by atoms with Crippen LogP contribution in [0.3, 0.4) is 0 Å².